The van der Waals surface area contributed by atoms with Crippen molar-refractivity contribution in [3.63, 3.8) is 0 Å². The number of unbranched alkanes of at least 4 members (excludes halogenated alkanes) is 11. The van der Waals surface area contributed by atoms with Crippen LogP contribution in [0.25, 0.3) is 0 Å². The molecule has 0 saturated heterocycles. The second-order valence-electron chi connectivity index (χ2n) is 9.09. The van der Waals surface area contributed by atoms with Crippen LogP contribution in [-0.4, -0.2) is 46.2 Å². The largest absolute Gasteiger partial charge is 0.481 e. The number of likely N-dealkylation sites (N-methyl/N-ethyl adjacent to an activating group) is 1. The lowest BCUT2D eigenvalue weighted by Crippen LogP contribution is -2.51. The fourth-order valence-electron chi connectivity index (χ4n) is 4.80. The average molecular weight is 442 g/mol. The molecule has 0 radical (unpaired) electrons. The first-order valence-electron chi connectivity index (χ1n) is 13.1. The molecule has 31 heavy (non-hydrogen) atoms. The molecule has 5 nitrogen and oxygen atoms in total. The zero-order valence-corrected chi connectivity index (χ0v) is 20.9. The minimum absolute atomic E-state index is 0.0696. The summed E-state index contributed by atoms with van der Waals surface area (Å²) < 4.78 is 0. The van der Waals surface area contributed by atoms with E-state index in [1.165, 1.54) is 51.4 Å². The highest BCUT2D eigenvalue weighted by atomic mass is 16.4. The lowest BCUT2D eigenvalue weighted by molar-refractivity contribution is -0.158. The average Bonchev–Trinajstić information content (AvgIpc) is 2.74. The fourth-order valence-corrected chi connectivity index (χ4v) is 4.80. The summed E-state index contributed by atoms with van der Waals surface area (Å²) >= 11 is 0. The summed E-state index contributed by atoms with van der Waals surface area (Å²) in [7, 11) is 0. The van der Waals surface area contributed by atoms with E-state index in [0.717, 1.165) is 44.9 Å². The zero-order valence-electron chi connectivity index (χ0n) is 20.9. The van der Waals surface area contributed by atoms with Crippen molar-refractivity contribution < 1.29 is 19.8 Å². The van der Waals surface area contributed by atoms with E-state index < -0.39 is 23.9 Å². The molecule has 0 aliphatic heterocycles. The van der Waals surface area contributed by atoms with E-state index in [4.69, 9.17) is 0 Å². The summed E-state index contributed by atoms with van der Waals surface area (Å²) in [5, 5.41) is 19.9. The minimum Gasteiger partial charge on any atom is -0.481 e. The van der Waals surface area contributed by atoms with Gasteiger partial charge in [-0.3, -0.25) is 14.5 Å². The predicted molar refractivity (Wildman–Crippen MR) is 130 cm³/mol. The van der Waals surface area contributed by atoms with Crippen LogP contribution in [-0.2, 0) is 9.59 Å². The van der Waals surface area contributed by atoms with Gasteiger partial charge in [0.05, 0.1) is 5.92 Å². The molecule has 0 rings (SSSR count). The molecule has 2 N–H and O–H groups in total. The van der Waals surface area contributed by atoms with Crippen LogP contribution in [0.1, 0.15) is 124 Å². The highest BCUT2D eigenvalue weighted by Gasteiger charge is 2.41. The van der Waals surface area contributed by atoms with Gasteiger partial charge in [-0.2, -0.15) is 0 Å². The number of aliphatic carboxylic acids is 2. The fraction of sp³-hybridized carbons (Fsp3) is 0.923. The Kier molecular flexibility index (Phi) is 18.9. The SMILES string of the molecule is CCCCCCCCCCCCC(CCCCC)C(C(=O)O)C(C(=O)O)N(CC)CC. The summed E-state index contributed by atoms with van der Waals surface area (Å²) in [6, 6.07) is -0.942. The molecular weight excluding hydrogens is 390 g/mol. The zero-order chi connectivity index (χ0) is 23.5. The van der Waals surface area contributed by atoms with E-state index in [1.807, 2.05) is 13.8 Å². The first-order chi connectivity index (χ1) is 14.9. The van der Waals surface area contributed by atoms with Crippen molar-refractivity contribution in [3.05, 3.63) is 0 Å². The summed E-state index contributed by atoms with van der Waals surface area (Å²) in [6.07, 6.45) is 17.3. The molecule has 184 valence electrons. The van der Waals surface area contributed by atoms with Crippen LogP contribution in [0.4, 0.5) is 0 Å². The third-order valence-electron chi connectivity index (χ3n) is 6.70. The maximum atomic E-state index is 12.2. The van der Waals surface area contributed by atoms with Crippen molar-refractivity contribution in [1.82, 2.24) is 4.90 Å². The molecule has 0 bridgehead atoms. The number of nitrogens with zero attached hydrogens (tertiary/aromatic N) is 1. The summed E-state index contributed by atoms with van der Waals surface area (Å²) in [5.41, 5.74) is 0. The van der Waals surface area contributed by atoms with Gasteiger partial charge in [-0.05, 0) is 31.8 Å². The second kappa shape index (κ2) is 19.6. The Morgan fingerprint density at radius 3 is 1.39 bits per heavy atom. The Balaban J connectivity index is 4.83. The number of hydrogen-bond donors (Lipinski definition) is 2. The van der Waals surface area contributed by atoms with Gasteiger partial charge >= 0.3 is 11.9 Å². The number of rotatable bonds is 22. The molecule has 0 aliphatic rings. The van der Waals surface area contributed by atoms with E-state index in [0.29, 0.717) is 13.1 Å². The first-order valence-corrected chi connectivity index (χ1v) is 13.1. The van der Waals surface area contributed by atoms with Crippen LogP contribution < -0.4 is 0 Å². The van der Waals surface area contributed by atoms with Crippen LogP contribution in [0, 0.1) is 11.8 Å². The Labute approximate surface area is 192 Å². The van der Waals surface area contributed by atoms with Crippen LogP contribution in [0.5, 0.6) is 0 Å². The molecule has 0 aromatic carbocycles. The molecule has 3 atom stereocenters. The molecule has 0 heterocycles. The van der Waals surface area contributed by atoms with Gasteiger partial charge < -0.3 is 10.2 Å². The van der Waals surface area contributed by atoms with E-state index in [2.05, 4.69) is 13.8 Å². The van der Waals surface area contributed by atoms with Gasteiger partial charge in [-0.15, -0.1) is 0 Å². The van der Waals surface area contributed by atoms with Gasteiger partial charge in [-0.1, -0.05) is 111 Å². The van der Waals surface area contributed by atoms with Gasteiger partial charge in [0.25, 0.3) is 0 Å². The van der Waals surface area contributed by atoms with Crippen molar-refractivity contribution in [2.45, 2.75) is 130 Å². The van der Waals surface area contributed by atoms with Crippen molar-refractivity contribution in [2.24, 2.45) is 11.8 Å². The minimum atomic E-state index is -1.00. The molecule has 0 aromatic heterocycles. The summed E-state index contributed by atoms with van der Waals surface area (Å²) in [6.45, 7) is 9.31. The normalized spacial score (nSPS) is 14.5. The Morgan fingerprint density at radius 1 is 0.613 bits per heavy atom. The lowest BCUT2D eigenvalue weighted by Gasteiger charge is -2.35. The van der Waals surface area contributed by atoms with E-state index in [9.17, 15) is 19.8 Å². The van der Waals surface area contributed by atoms with Crippen molar-refractivity contribution >= 4 is 11.9 Å². The maximum Gasteiger partial charge on any atom is 0.321 e. The third-order valence-corrected chi connectivity index (χ3v) is 6.70. The summed E-state index contributed by atoms with van der Waals surface area (Å²) in [5.74, 6) is -2.86. The molecule has 5 heteroatoms. The van der Waals surface area contributed by atoms with E-state index in [-0.39, 0.29) is 5.92 Å². The monoisotopic (exact) mass is 441 g/mol. The molecule has 0 amide bonds. The van der Waals surface area contributed by atoms with E-state index >= 15 is 0 Å². The molecular formula is C26H51NO4. The molecule has 0 aromatic rings. The van der Waals surface area contributed by atoms with Gasteiger partial charge in [0.2, 0.25) is 0 Å². The van der Waals surface area contributed by atoms with Crippen LogP contribution in [0.15, 0.2) is 0 Å². The number of carboxylic acid groups (broad SMARTS) is 2. The lowest BCUT2D eigenvalue weighted by atomic mass is 9.78. The standard InChI is InChI=1S/C26H51NO4/c1-5-9-11-12-13-14-15-16-17-19-21-22(20-18-10-6-2)23(25(28)29)24(26(30)31)27(7-3)8-4/h22-24H,5-21H2,1-4H3,(H,28,29)(H,30,31). The van der Waals surface area contributed by atoms with Crippen molar-refractivity contribution in [3.8, 4) is 0 Å². The summed E-state index contributed by atoms with van der Waals surface area (Å²) in [4.78, 5) is 26.1. The van der Waals surface area contributed by atoms with Crippen molar-refractivity contribution in [2.75, 3.05) is 13.1 Å². The molecule has 0 aliphatic carbocycles. The highest BCUT2D eigenvalue weighted by Crippen LogP contribution is 2.31. The van der Waals surface area contributed by atoms with Gasteiger partial charge in [0, 0.05) is 0 Å². The van der Waals surface area contributed by atoms with Crippen LogP contribution in [0.2, 0.25) is 0 Å². The van der Waals surface area contributed by atoms with Gasteiger partial charge in [-0.25, -0.2) is 0 Å². The third kappa shape index (κ3) is 13.1. The highest BCUT2D eigenvalue weighted by molar-refractivity contribution is 5.83. The number of carbonyl (C=O) groups is 2. The Bertz CT molecular complexity index is 451. The second-order valence-corrected chi connectivity index (χ2v) is 9.09. The molecule has 0 saturated carbocycles. The van der Waals surface area contributed by atoms with Crippen molar-refractivity contribution in [1.29, 1.82) is 0 Å². The topological polar surface area (TPSA) is 77.8 Å². The van der Waals surface area contributed by atoms with Gasteiger partial charge in [0.1, 0.15) is 6.04 Å². The van der Waals surface area contributed by atoms with Gasteiger partial charge in [0.15, 0.2) is 0 Å². The molecule has 0 spiro atoms. The Hall–Kier alpha value is -1.10. The number of carboxylic acids is 2. The Morgan fingerprint density at radius 2 is 1.00 bits per heavy atom. The number of hydrogen-bond acceptors (Lipinski definition) is 3. The van der Waals surface area contributed by atoms with Crippen LogP contribution in [0.3, 0.4) is 0 Å². The molecule has 3 unspecified atom stereocenters. The molecule has 0 fully saturated rings. The maximum absolute atomic E-state index is 12.2. The quantitative estimate of drug-likeness (QED) is 0.177. The smallest absolute Gasteiger partial charge is 0.321 e. The predicted octanol–water partition coefficient (Wildman–Crippen LogP) is 6.99. The first kappa shape index (κ1) is 29.9. The van der Waals surface area contributed by atoms with Crippen LogP contribution >= 0.6 is 0 Å². The van der Waals surface area contributed by atoms with E-state index in [1.54, 1.807) is 4.90 Å².